The van der Waals surface area contributed by atoms with Crippen LogP contribution in [-0.2, 0) is 10.0 Å². The van der Waals surface area contributed by atoms with Gasteiger partial charge in [0.25, 0.3) is 15.9 Å². The molecule has 154 valence electrons. The third-order valence-corrected chi connectivity index (χ3v) is 5.37. The predicted molar refractivity (Wildman–Crippen MR) is 107 cm³/mol. The summed E-state index contributed by atoms with van der Waals surface area (Å²) >= 11 is 0. The summed E-state index contributed by atoms with van der Waals surface area (Å²) in [6.07, 6.45) is 0. The molecule has 28 heavy (non-hydrogen) atoms. The summed E-state index contributed by atoms with van der Waals surface area (Å²) in [6, 6.07) is 8.56. The molecule has 1 aromatic carbocycles. The number of furan rings is 1. The van der Waals surface area contributed by atoms with Gasteiger partial charge in [-0.3, -0.25) is 4.79 Å². The molecule has 8 heteroatoms. The first-order chi connectivity index (χ1) is 12.9. The lowest BCUT2D eigenvalue weighted by molar-refractivity contribution is 0.0736. The predicted octanol–water partition coefficient (Wildman–Crippen LogP) is 3.12. The van der Waals surface area contributed by atoms with Crippen LogP contribution in [0.15, 0.2) is 39.8 Å². The molecular formula is C20H28N2O5S. The Morgan fingerprint density at radius 2 is 1.75 bits per heavy atom. The van der Waals surface area contributed by atoms with E-state index in [-0.39, 0.29) is 10.9 Å². The van der Waals surface area contributed by atoms with Crippen LogP contribution in [0.1, 0.15) is 42.5 Å². The number of nitrogens with zero attached hydrogens (tertiary/aromatic N) is 1. The molecule has 2 aromatic rings. The van der Waals surface area contributed by atoms with E-state index in [1.54, 1.807) is 27.8 Å². The molecule has 0 bridgehead atoms. The standard InChI is InChI=1S/C20H28N2O5S/c1-14-11-15(2)13-16(12-14)26-10-9-22(6)19(23)17-7-8-18(27-17)28(24,25)21-20(3,4)5/h7-8,11-13,21H,9-10H2,1-6H3. The van der Waals surface area contributed by atoms with E-state index in [0.29, 0.717) is 13.2 Å². The fraction of sp³-hybridized carbons (Fsp3) is 0.450. The molecule has 0 saturated carbocycles. The molecule has 1 N–H and O–H groups in total. The third kappa shape index (κ3) is 6.10. The molecule has 0 fully saturated rings. The van der Waals surface area contributed by atoms with Crippen molar-refractivity contribution in [2.75, 3.05) is 20.2 Å². The Morgan fingerprint density at radius 3 is 2.32 bits per heavy atom. The molecule has 0 aliphatic rings. The molecule has 1 aromatic heterocycles. The van der Waals surface area contributed by atoms with E-state index in [0.717, 1.165) is 16.9 Å². The van der Waals surface area contributed by atoms with Crippen LogP contribution in [0.4, 0.5) is 0 Å². The van der Waals surface area contributed by atoms with Crippen LogP contribution in [0.3, 0.4) is 0 Å². The largest absolute Gasteiger partial charge is 0.492 e. The summed E-state index contributed by atoms with van der Waals surface area (Å²) in [4.78, 5) is 13.9. The normalized spacial score (nSPS) is 12.1. The van der Waals surface area contributed by atoms with Crippen LogP contribution in [0, 0.1) is 13.8 Å². The molecule has 0 spiro atoms. The van der Waals surface area contributed by atoms with Crippen molar-refractivity contribution in [1.82, 2.24) is 9.62 Å². The first-order valence-corrected chi connectivity index (χ1v) is 10.5. The van der Waals surface area contributed by atoms with Gasteiger partial charge in [0.05, 0.1) is 6.54 Å². The number of benzene rings is 1. The van der Waals surface area contributed by atoms with Crippen LogP contribution in [0.2, 0.25) is 0 Å². The topological polar surface area (TPSA) is 88.8 Å². The Balaban J connectivity index is 1.97. The minimum Gasteiger partial charge on any atom is -0.492 e. The van der Waals surface area contributed by atoms with E-state index in [2.05, 4.69) is 10.8 Å². The highest BCUT2D eigenvalue weighted by molar-refractivity contribution is 7.89. The number of hydrogen-bond donors (Lipinski definition) is 1. The monoisotopic (exact) mass is 408 g/mol. The van der Waals surface area contributed by atoms with Crippen molar-refractivity contribution in [2.45, 2.75) is 45.2 Å². The van der Waals surface area contributed by atoms with E-state index >= 15 is 0 Å². The lowest BCUT2D eigenvalue weighted by atomic mass is 10.1. The number of likely N-dealkylation sites (N-methyl/N-ethyl adjacent to an activating group) is 1. The van der Waals surface area contributed by atoms with Crippen molar-refractivity contribution in [1.29, 1.82) is 0 Å². The summed E-state index contributed by atoms with van der Waals surface area (Å²) in [5.74, 6) is 0.294. The Hall–Kier alpha value is -2.32. The minimum absolute atomic E-state index is 0.0387. The average molecular weight is 409 g/mol. The van der Waals surface area contributed by atoms with E-state index < -0.39 is 21.5 Å². The van der Waals surface area contributed by atoms with Crippen LogP contribution >= 0.6 is 0 Å². The van der Waals surface area contributed by atoms with Gasteiger partial charge >= 0.3 is 0 Å². The van der Waals surface area contributed by atoms with Gasteiger partial charge in [-0.1, -0.05) is 6.07 Å². The van der Waals surface area contributed by atoms with E-state index in [4.69, 9.17) is 9.15 Å². The van der Waals surface area contributed by atoms with Gasteiger partial charge < -0.3 is 14.1 Å². The Bertz CT molecular complexity index is 921. The van der Waals surface area contributed by atoms with Gasteiger partial charge in [-0.25, -0.2) is 13.1 Å². The third-order valence-electron chi connectivity index (χ3n) is 3.73. The highest BCUT2D eigenvalue weighted by Gasteiger charge is 2.26. The molecule has 1 heterocycles. The zero-order valence-corrected chi connectivity index (χ0v) is 18.0. The number of hydrogen-bond acceptors (Lipinski definition) is 5. The molecule has 0 saturated heterocycles. The van der Waals surface area contributed by atoms with Gasteiger partial charge in [0.15, 0.2) is 5.76 Å². The van der Waals surface area contributed by atoms with Gasteiger partial charge in [-0.2, -0.15) is 0 Å². The number of ether oxygens (including phenoxy) is 1. The van der Waals surface area contributed by atoms with Crippen LogP contribution in [0.5, 0.6) is 5.75 Å². The van der Waals surface area contributed by atoms with E-state index in [1.807, 2.05) is 26.0 Å². The second-order valence-electron chi connectivity index (χ2n) is 7.87. The fourth-order valence-corrected chi connectivity index (χ4v) is 3.99. The molecule has 7 nitrogen and oxygen atoms in total. The highest BCUT2D eigenvalue weighted by Crippen LogP contribution is 2.18. The van der Waals surface area contributed by atoms with Gasteiger partial charge in [0, 0.05) is 12.6 Å². The molecular weight excluding hydrogens is 380 g/mol. The number of aryl methyl sites for hydroxylation is 2. The van der Waals surface area contributed by atoms with Gasteiger partial charge in [0.2, 0.25) is 5.09 Å². The van der Waals surface area contributed by atoms with E-state index in [1.165, 1.54) is 17.0 Å². The zero-order valence-electron chi connectivity index (χ0n) is 17.2. The van der Waals surface area contributed by atoms with Crippen molar-refractivity contribution in [3.05, 3.63) is 47.2 Å². The number of nitrogens with one attached hydrogen (secondary N) is 1. The molecule has 0 aliphatic heterocycles. The van der Waals surface area contributed by atoms with Crippen molar-refractivity contribution in [3.63, 3.8) is 0 Å². The van der Waals surface area contributed by atoms with Gasteiger partial charge in [-0.15, -0.1) is 0 Å². The molecule has 0 atom stereocenters. The maximum atomic E-state index is 12.5. The zero-order chi connectivity index (χ0) is 21.1. The lowest BCUT2D eigenvalue weighted by Gasteiger charge is -2.19. The number of carbonyl (C=O) groups excluding carboxylic acids is 1. The fourth-order valence-electron chi connectivity index (χ4n) is 2.64. The van der Waals surface area contributed by atoms with Crippen LogP contribution in [-0.4, -0.2) is 45.0 Å². The first kappa shape index (κ1) is 22.0. The summed E-state index contributed by atoms with van der Waals surface area (Å²) < 4.78 is 38.1. The Labute approximate surface area is 166 Å². The molecule has 0 unspecified atom stereocenters. The summed E-state index contributed by atoms with van der Waals surface area (Å²) in [7, 11) is -2.22. The van der Waals surface area contributed by atoms with E-state index in [9.17, 15) is 13.2 Å². The lowest BCUT2D eigenvalue weighted by Crippen LogP contribution is -2.40. The number of amides is 1. The van der Waals surface area contributed by atoms with Crippen molar-refractivity contribution in [2.24, 2.45) is 0 Å². The summed E-state index contributed by atoms with van der Waals surface area (Å²) in [5, 5.41) is -0.286. The molecule has 1 amide bonds. The number of rotatable bonds is 7. The van der Waals surface area contributed by atoms with Gasteiger partial charge in [-0.05, 0) is 70.0 Å². The quantitative estimate of drug-likeness (QED) is 0.760. The SMILES string of the molecule is Cc1cc(C)cc(OCCN(C)C(=O)c2ccc(S(=O)(=O)NC(C)(C)C)o2)c1. The molecule has 2 rings (SSSR count). The van der Waals surface area contributed by atoms with Crippen molar-refractivity contribution < 1.29 is 22.4 Å². The average Bonchev–Trinajstić information content (AvgIpc) is 3.01. The number of sulfonamides is 1. The first-order valence-electron chi connectivity index (χ1n) is 8.98. The summed E-state index contributed by atoms with van der Waals surface area (Å²) in [6.45, 7) is 9.80. The maximum Gasteiger partial charge on any atom is 0.289 e. The van der Waals surface area contributed by atoms with Crippen molar-refractivity contribution >= 4 is 15.9 Å². The maximum absolute atomic E-state index is 12.5. The minimum atomic E-state index is -3.83. The summed E-state index contributed by atoms with van der Waals surface area (Å²) in [5.41, 5.74) is 1.55. The second kappa shape index (κ2) is 8.36. The Morgan fingerprint density at radius 1 is 1.14 bits per heavy atom. The number of carbonyl (C=O) groups is 1. The highest BCUT2D eigenvalue weighted by atomic mass is 32.2. The van der Waals surface area contributed by atoms with Gasteiger partial charge in [0.1, 0.15) is 12.4 Å². The molecule has 0 aliphatic carbocycles. The van der Waals surface area contributed by atoms with Crippen LogP contribution < -0.4 is 9.46 Å². The second-order valence-corrected chi connectivity index (χ2v) is 9.49. The van der Waals surface area contributed by atoms with Crippen molar-refractivity contribution in [3.8, 4) is 5.75 Å². The van der Waals surface area contributed by atoms with Crippen LogP contribution in [0.25, 0.3) is 0 Å². The Kier molecular flexibility index (Phi) is 6.56. The molecule has 0 radical (unpaired) electrons. The smallest absolute Gasteiger partial charge is 0.289 e.